The highest BCUT2D eigenvalue weighted by atomic mass is 79.9. The Kier molecular flexibility index (Phi) is 2.17. The molecule has 0 saturated carbocycles. The van der Waals surface area contributed by atoms with Gasteiger partial charge in [0.25, 0.3) is 0 Å². The summed E-state index contributed by atoms with van der Waals surface area (Å²) in [5.74, 6) is 0.893. The minimum absolute atomic E-state index is 0.124. The summed E-state index contributed by atoms with van der Waals surface area (Å²) in [6.45, 7) is 0.607. The molecular formula is C9H10BrNO2. The minimum atomic E-state index is -0.124. The molecule has 1 aromatic rings. The van der Waals surface area contributed by atoms with Gasteiger partial charge in [0.15, 0.2) is 0 Å². The topological polar surface area (TPSA) is 55.5 Å². The first-order valence-electron chi connectivity index (χ1n) is 4.10. The lowest BCUT2D eigenvalue weighted by molar-refractivity contribution is 0.262. The van der Waals surface area contributed by atoms with Crippen LogP contribution >= 0.6 is 15.9 Å². The van der Waals surface area contributed by atoms with E-state index in [1.54, 1.807) is 12.1 Å². The first-order valence-corrected chi connectivity index (χ1v) is 4.89. The molecule has 3 nitrogen and oxygen atoms in total. The van der Waals surface area contributed by atoms with E-state index in [-0.39, 0.29) is 11.8 Å². The molecule has 0 radical (unpaired) electrons. The molecule has 13 heavy (non-hydrogen) atoms. The van der Waals surface area contributed by atoms with Gasteiger partial charge >= 0.3 is 0 Å². The van der Waals surface area contributed by atoms with E-state index in [9.17, 15) is 5.11 Å². The van der Waals surface area contributed by atoms with Crippen LogP contribution in [0.25, 0.3) is 0 Å². The fraction of sp³-hybridized carbons (Fsp3) is 0.333. The molecular weight excluding hydrogens is 234 g/mol. The van der Waals surface area contributed by atoms with E-state index >= 15 is 0 Å². The molecule has 1 aliphatic heterocycles. The number of benzene rings is 1. The molecule has 0 saturated heterocycles. The molecule has 0 bridgehead atoms. The van der Waals surface area contributed by atoms with Crippen molar-refractivity contribution < 1.29 is 9.84 Å². The molecule has 4 heteroatoms. The molecule has 70 valence electrons. The number of ether oxygens (including phenoxy) is 1. The summed E-state index contributed by atoms with van der Waals surface area (Å²) >= 11 is 3.35. The maximum absolute atomic E-state index is 9.57. The zero-order chi connectivity index (χ0) is 9.42. The van der Waals surface area contributed by atoms with Crippen molar-refractivity contribution in [2.45, 2.75) is 12.5 Å². The van der Waals surface area contributed by atoms with Crippen LogP contribution < -0.4 is 10.5 Å². The van der Waals surface area contributed by atoms with Crippen molar-refractivity contribution >= 4 is 15.9 Å². The van der Waals surface area contributed by atoms with E-state index < -0.39 is 0 Å². The van der Waals surface area contributed by atoms with Crippen LogP contribution in [0.5, 0.6) is 11.5 Å². The second-order valence-electron chi connectivity index (χ2n) is 3.05. The summed E-state index contributed by atoms with van der Waals surface area (Å²) in [5.41, 5.74) is 6.56. The van der Waals surface area contributed by atoms with Crippen LogP contribution in [-0.2, 0) is 0 Å². The molecule has 0 unspecified atom stereocenters. The van der Waals surface area contributed by atoms with Gasteiger partial charge in [0, 0.05) is 12.5 Å². The Morgan fingerprint density at radius 2 is 2.31 bits per heavy atom. The van der Waals surface area contributed by atoms with Crippen molar-refractivity contribution in [2.75, 3.05) is 6.61 Å². The normalized spacial score (nSPS) is 20.6. The molecule has 1 aliphatic rings. The van der Waals surface area contributed by atoms with Gasteiger partial charge in [-0.2, -0.15) is 0 Å². The van der Waals surface area contributed by atoms with Crippen LogP contribution in [0.3, 0.4) is 0 Å². The highest BCUT2D eigenvalue weighted by Gasteiger charge is 2.23. The van der Waals surface area contributed by atoms with Crippen molar-refractivity contribution in [2.24, 2.45) is 5.73 Å². The Morgan fingerprint density at radius 3 is 3.00 bits per heavy atom. The van der Waals surface area contributed by atoms with Gasteiger partial charge in [-0.15, -0.1) is 0 Å². The third-order valence-electron chi connectivity index (χ3n) is 2.17. The molecule has 0 amide bonds. The fourth-order valence-electron chi connectivity index (χ4n) is 1.50. The van der Waals surface area contributed by atoms with Gasteiger partial charge < -0.3 is 15.6 Å². The van der Waals surface area contributed by atoms with E-state index in [2.05, 4.69) is 15.9 Å². The van der Waals surface area contributed by atoms with Crippen LogP contribution in [0, 0.1) is 0 Å². The maximum atomic E-state index is 9.57. The van der Waals surface area contributed by atoms with Crippen LogP contribution in [-0.4, -0.2) is 11.7 Å². The van der Waals surface area contributed by atoms with Crippen LogP contribution in [0.2, 0.25) is 0 Å². The Bertz CT molecular complexity index is 341. The Morgan fingerprint density at radius 1 is 1.54 bits per heavy atom. The molecule has 0 aromatic heterocycles. The Labute approximate surface area is 84.6 Å². The first kappa shape index (κ1) is 8.84. The van der Waals surface area contributed by atoms with Crippen molar-refractivity contribution in [1.82, 2.24) is 0 Å². The Hall–Kier alpha value is -0.740. The first-order chi connectivity index (χ1) is 6.20. The predicted octanol–water partition coefficient (Wildman–Crippen LogP) is 1.94. The number of halogens is 1. The smallest absolute Gasteiger partial charge is 0.141 e. The van der Waals surface area contributed by atoms with Crippen molar-refractivity contribution in [3.8, 4) is 11.5 Å². The van der Waals surface area contributed by atoms with Gasteiger partial charge in [-0.05, 0) is 28.1 Å². The van der Waals surface area contributed by atoms with Gasteiger partial charge in [-0.1, -0.05) is 0 Å². The standard InChI is InChI=1S/C9H10BrNO2/c10-5-1-2-7(12)8-6(11)3-4-13-9(5)8/h1-2,6,12H,3-4,11H2/t6-/m0/s1. The minimum Gasteiger partial charge on any atom is -0.507 e. The zero-order valence-corrected chi connectivity index (χ0v) is 8.54. The Balaban J connectivity index is 2.60. The number of phenolic OH excluding ortho intramolecular Hbond substituents is 1. The van der Waals surface area contributed by atoms with Crippen molar-refractivity contribution in [1.29, 1.82) is 0 Å². The van der Waals surface area contributed by atoms with Crippen LogP contribution in [0.15, 0.2) is 16.6 Å². The zero-order valence-electron chi connectivity index (χ0n) is 6.96. The summed E-state index contributed by atoms with van der Waals surface area (Å²) in [6, 6.07) is 3.25. The summed E-state index contributed by atoms with van der Waals surface area (Å²) in [4.78, 5) is 0. The van der Waals surface area contributed by atoms with Gasteiger partial charge in [-0.25, -0.2) is 0 Å². The molecule has 1 heterocycles. The SMILES string of the molecule is N[C@H]1CCOc2c(Br)ccc(O)c21. The largest absolute Gasteiger partial charge is 0.507 e. The van der Waals surface area contributed by atoms with Gasteiger partial charge in [0.05, 0.1) is 16.6 Å². The number of fused-ring (bicyclic) bond motifs is 1. The molecule has 1 atom stereocenters. The van der Waals surface area contributed by atoms with E-state index in [1.165, 1.54) is 0 Å². The average Bonchev–Trinajstić information content (AvgIpc) is 2.12. The second kappa shape index (κ2) is 3.20. The van der Waals surface area contributed by atoms with E-state index in [0.717, 1.165) is 10.9 Å². The molecule has 1 aromatic carbocycles. The molecule has 0 fully saturated rings. The lowest BCUT2D eigenvalue weighted by Gasteiger charge is -2.24. The van der Waals surface area contributed by atoms with E-state index in [4.69, 9.17) is 10.5 Å². The number of rotatable bonds is 0. The van der Waals surface area contributed by atoms with Gasteiger partial charge in [0.2, 0.25) is 0 Å². The van der Waals surface area contributed by atoms with E-state index in [1.807, 2.05) is 0 Å². The van der Waals surface area contributed by atoms with Gasteiger partial charge in [0.1, 0.15) is 11.5 Å². The van der Waals surface area contributed by atoms with Crippen molar-refractivity contribution in [3.63, 3.8) is 0 Å². The third-order valence-corrected chi connectivity index (χ3v) is 2.80. The monoisotopic (exact) mass is 243 g/mol. The number of hydrogen-bond acceptors (Lipinski definition) is 3. The second-order valence-corrected chi connectivity index (χ2v) is 3.91. The number of aromatic hydroxyl groups is 1. The highest BCUT2D eigenvalue weighted by Crippen LogP contribution is 2.41. The van der Waals surface area contributed by atoms with Crippen molar-refractivity contribution in [3.05, 3.63) is 22.2 Å². The lowest BCUT2D eigenvalue weighted by Crippen LogP contribution is -2.20. The molecule has 0 aliphatic carbocycles. The summed E-state index contributed by atoms with van der Waals surface area (Å²) < 4.78 is 6.26. The van der Waals surface area contributed by atoms with E-state index in [0.29, 0.717) is 17.9 Å². The van der Waals surface area contributed by atoms with Gasteiger partial charge in [-0.3, -0.25) is 0 Å². The van der Waals surface area contributed by atoms with Crippen LogP contribution in [0.1, 0.15) is 18.0 Å². The number of hydrogen-bond donors (Lipinski definition) is 2. The predicted molar refractivity (Wildman–Crippen MR) is 52.8 cm³/mol. The van der Waals surface area contributed by atoms with Crippen LogP contribution in [0.4, 0.5) is 0 Å². The maximum Gasteiger partial charge on any atom is 0.141 e. The molecule has 2 rings (SSSR count). The molecule has 0 spiro atoms. The summed E-state index contributed by atoms with van der Waals surface area (Å²) in [7, 11) is 0. The summed E-state index contributed by atoms with van der Waals surface area (Å²) in [5, 5.41) is 9.57. The lowest BCUT2D eigenvalue weighted by atomic mass is 10.0. The number of nitrogens with two attached hydrogens (primary N) is 1. The highest BCUT2D eigenvalue weighted by molar-refractivity contribution is 9.10. The quantitative estimate of drug-likeness (QED) is 0.733. The average molecular weight is 244 g/mol. The third kappa shape index (κ3) is 1.40. The fourth-order valence-corrected chi connectivity index (χ4v) is 1.96. The molecule has 3 N–H and O–H groups in total. The summed E-state index contributed by atoms with van der Waals surface area (Å²) in [6.07, 6.45) is 0.747. The number of phenols is 1.